The molecule has 0 bridgehead atoms. The molecule has 11 heavy (non-hydrogen) atoms. The fourth-order valence-corrected chi connectivity index (χ4v) is 0.933. The van der Waals surface area contributed by atoms with Crippen LogP contribution >= 0.6 is 0 Å². The Labute approximate surface area is 64.6 Å². The molecular formula is C6H10O5. The molecule has 0 aromatic carbocycles. The topological polar surface area (TPSA) is 87.0 Å². The van der Waals surface area contributed by atoms with E-state index in [0.29, 0.717) is 0 Å². The van der Waals surface area contributed by atoms with Gasteiger partial charge in [0.15, 0.2) is 5.60 Å². The van der Waals surface area contributed by atoms with Gasteiger partial charge in [0, 0.05) is 6.42 Å². The van der Waals surface area contributed by atoms with Gasteiger partial charge in [0.05, 0.1) is 14.6 Å². The SMILES string of the molecule is [2H]C(O)[C@@]1(O)C[C@@H](CO)OC1=O. The first-order chi connectivity index (χ1) is 5.50. The first kappa shape index (κ1) is 7.02. The predicted octanol–water partition coefficient (Wildman–Crippen LogP) is -1.98. The van der Waals surface area contributed by atoms with Crippen molar-refractivity contribution in [3.8, 4) is 0 Å². The molecule has 1 saturated heterocycles. The van der Waals surface area contributed by atoms with Gasteiger partial charge in [-0.2, -0.15) is 0 Å². The van der Waals surface area contributed by atoms with Crippen molar-refractivity contribution in [3.05, 3.63) is 0 Å². The number of cyclic esters (lactones) is 1. The summed E-state index contributed by atoms with van der Waals surface area (Å²) in [5.74, 6) is -1.05. The van der Waals surface area contributed by atoms with Crippen LogP contribution in [0.15, 0.2) is 0 Å². The lowest BCUT2D eigenvalue weighted by Crippen LogP contribution is -2.38. The highest BCUT2D eigenvalue weighted by atomic mass is 16.6. The maximum Gasteiger partial charge on any atom is 0.341 e. The molecule has 1 fully saturated rings. The van der Waals surface area contributed by atoms with Crippen molar-refractivity contribution >= 4 is 5.97 Å². The third kappa shape index (κ3) is 1.35. The van der Waals surface area contributed by atoms with Crippen LogP contribution in [0.3, 0.4) is 0 Å². The Kier molecular flexibility index (Phi) is 1.77. The highest BCUT2D eigenvalue weighted by Gasteiger charge is 2.47. The molecule has 0 amide bonds. The van der Waals surface area contributed by atoms with E-state index < -0.39 is 30.9 Å². The minimum atomic E-state index is -2.17. The third-order valence-corrected chi connectivity index (χ3v) is 1.58. The number of aliphatic hydroxyl groups excluding tert-OH is 2. The molecule has 64 valence electrons. The minimum absolute atomic E-state index is 0.243. The molecule has 1 aliphatic heterocycles. The van der Waals surface area contributed by atoms with E-state index >= 15 is 0 Å². The molecule has 3 atom stereocenters. The second kappa shape index (κ2) is 2.77. The molecule has 3 N–H and O–H groups in total. The number of aliphatic hydroxyl groups is 3. The predicted molar refractivity (Wildman–Crippen MR) is 33.6 cm³/mol. The fourth-order valence-electron chi connectivity index (χ4n) is 0.933. The van der Waals surface area contributed by atoms with E-state index in [9.17, 15) is 9.90 Å². The van der Waals surface area contributed by atoms with E-state index in [2.05, 4.69) is 4.74 Å². The number of carbonyl (C=O) groups excluding carboxylic acids is 1. The van der Waals surface area contributed by atoms with Crippen molar-refractivity contribution in [2.45, 2.75) is 18.1 Å². The van der Waals surface area contributed by atoms with Crippen LogP contribution in [0.4, 0.5) is 0 Å². The first-order valence-corrected chi connectivity index (χ1v) is 3.15. The van der Waals surface area contributed by atoms with Crippen molar-refractivity contribution in [1.82, 2.24) is 0 Å². The monoisotopic (exact) mass is 163 g/mol. The Morgan fingerprint density at radius 3 is 2.73 bits per heavy atom. The van der Waals surface area contributed by atoms with E-state index in [1.165, 1.54) is 0 Å². The summed E-state index contributed by atoms with van der Waals surface area (Å²) in [5, 5.41) is 26.6. The minimum Gasteiger partial charge on any atom is -0.458 e. The molecule has 0 spiro atoms. The first-order valence-electron chi connectivity index (χ1n) is 3.73. The lowest BCUT2D eigenvalue weighted by Gasteiger charge is -2.12. The highest BCUT2D eigenvalue weighted by Crippen LogP contribution is 2.24. The van der Waals surface area contributed by atoms with Crippen molar-refractivity contribution in [2.24, 2.45) is 0 Å². The van der Waals surface area contributed by atoms with Crippen LogP contribution in [0.1, 0.15) is 7.79 Å². The number of carbonyl (C=O) groups is 1. The van der Waals surface area contributed by atoms with Gasteiger partial charge in [0.1, 0.15) is 6.10 Å². The average Bonchev–Trinajstić information content (AvgIpc) is 2.29. The Bertz CT molecular complexity index is 194. The normalized spacial score (nSPS) is 41.5. The summed E-state index contributed by atoms with van der Waals surface area (Å²) in [7, 11) is 0. The van der Waals surface area contributed by atoms with E-state index in [-0.39, 0.29) is 6.42 Å². The van der Waals surface area contributed by atoms with Gasteiger partial charge in [-0.15, -0.1) is 0 Å². The van der Waals surface area contributed by atoms with Crippen LogP contribution in [0.5, 0.6) is 0 Å². The standard InChI is InChI=1S/C6H10O5/c7-2-4-1-6(10,3-8)5(9)11-4/h4,7-8,10H,1-3H2/t4-,6-/m0/s1/i3D/t3?,4-,6-. The molecule has 1 aliphatic rings. The quantitative estimate of drug-likeness (QED) is 0.410. The highest BCUT2D eigenvalue weighted by molar-refractivity contribution is 5.81. The maximum atomic E-state index is 10.8. The fraction of sp³-hybridized carbons (Fsp3) is 0.833. The Balaban J connectivity index is 2.74. The Morgan fingerprint density at radius 2 is 2.45 bits per heavy atom. The molecule has 0 radical (unpaired) electrons. The zero-order chi connectivity index (χ0) is 9.35. The number of rotatable bonds is 2. The number of hydrogen-bond acceptors (Lipinski definition) is 5. The number of hydrogen-bond donors (Lipinski definition) is 3. The van der Waals surface area contributed by atoms with E-state index in [4.69, 9.17) is 11.6 Å². The van der Waals surface area contributed by atoms with Gasteiger partial charge < -0.3 is 20.1 Å². The molecule has 1 unspecified atom stereocenters. The van der Waals surface area contributed by atoms with Crippen LogP contribution in [0.2, 0.25) is 0 Å². The summed E-state index contributed by atoms with van der Waals surface area (Å²) in [6, 6.07) is 0. The van der Waals surface area contributed by atoms with E-state index in [1.54, 1.807) is 0 Å². The van der Waals surface area contributed by atoms with Gasteiger partial charge >= 0.3 is 5.97 Å². The van der Waals surface area contributed by atoms with Gasteiger partial charge in [-0.1, -0.05) is 0 Å². The third-order valence-electron chi connectivity index (χ3n) is 1.58. The molecule has 5 nitrogen and oxygen atoms in total. The molecule has 0 aromatic heterocycles. The molecule has 1 heterocycles. The number of ether oxygens (including phenoxy) is 1. The van der Waals surface area contributed by atoms with Gasteiger partial charge in [-0.25, -0.2) is 4.79 Å². The Hall–Kier alpha value is -0.650. The van der Waals surface area contributed by atoms with Crippen LogP contribution < -0.4 is 0 Å². The molecule has 0 saturated carbocycles. The van der Waals surface area contributed by atoms with Gasteiger partial charge in [-0.05, 0) is 0 Å². The summed E-state index contributed by atoms with van der Waals surface area (Å²) in [5.41, 5.74) is -2.17. The van der Waals surface area contributed by atoms with Crippen molar-refractivity contribution in [2.75, 3.05) is 13.2 Å². The van der Waals surface area contributed by atoms with E-state index in [0.717, 1.165) is 0 Å². The van der Waals surface area contributed by atoms with Crippen LogP contribution in [-0.4, -0.2) is 46.2 Å². The summed E-state index contributed by atoms with van der Waals surface area (Å²) in [4.78, 5) is 10.8. The van der Waals surface area contributed by atoms with Crippen molar-refractivity contribution in [3.63, 3.8) is 0 Å². The summed E-state index contributed by atoms with van der Waals surface area (Å²) in [6.07, 6.45) is -1.06. The van der Waals surface area contributed by atoms with Gasteiger partial charge in [-0.3, -0.25) is 0 Å². The molecule has 0 aliphatic carbocycles. The smallest absolute Gasteiger partial charge is 0.341 e. The molecular weight excluding hydrogens is 152 g/mol. The summed E-state index contributed by atoms with van der Waals surface area (Å²) >= 11 is 0. The zero-order valence-corrected chi connectivity index (χ0v) is 5.73. The summed E-state index contributed by atoms with van der Waals surface area (Å²) in [6.45, 7) is -2.35. The lowest BCUT2D eigenvalue weighted by molar-refractivity contribution is -0.158. The van der Waals surface area contributed by atoms with Gasteiger partial charge in [0.25, 0.3) is 0 Å². The zero-order valence-electron chi connectivity index (χ0n) is 6.73. The van der Waals surface area contributed by atoms with Gasteiger partial charge in [0.2, 0.25) is 0 Å². The largest absolute Gasteiger partial charge is 0.458 e. The maximum absolute atomic E-state index is 10.8. The van der Waals surface area contributed by atoms with Crippen molar-refractivity contribution in [1.29, 1.82) is 0 Å². The lowest BCUT2D eigenvalue weighted by atomic mass is 10.0. The van der Waals surface area contributed by atoms with E-state index in [1.807, 2.05) is 0 Å². The summed E-state index contributed by atoms with van der Waals surface area (Å²) < 4.78 is 11.3. The van der Waals surface area contributed by atoms with Crippen LogP contribution in [-0.2, 0) is 9.53 Å². The molecule has 1 rings (SSSR count). The number of esters is 1. The Morgan fingerprint density at radius 1 is 1.82 bits per heavy atom. The van der Waals surface area contributed by atoms with Crippen LogP contribution in [0.25, 0.3) is 0 Å². The second-order valence-electron chi connectivity index (χ2n) is 2.47. The van der Waals surface area contributed by atoms with Crippen LogP contribution in [0, 0.1) is 0 Å². The average molecular weight is 163 g/mol. The molecule has 0 aromatic rings. The van der Waals surface area contributed by atoms with Crippen molar-refractivity contribution < 1.29 is 26.2 Å². The second-order valence-corrected chi connectivity index (χ2v) is 2.47. The molecule has 5 heteroatoms.